The molecule has 0 saturated heterocycles. The third-order valence-electron chi connectivity index (χ3n) is 3.41. The van der Waals surface area contributed by atoms with Crippen molar-refractivity contribution in [2.75, 3.05) is 13.1 Å². The summed E-state index contributed by atoms with van der Waals surface area (Å²) in [5.41, 5.74) is 5.95. The smallest absolute Gasteiger partial charge is 0.449 e. The number of rotatable bonds is 7. The minimum Gasteiger partial charge on any atom is -0.449 e. The molecule has 136 valence electrons. The molecule has 9 heteroatoms. The van der Waals surface area contributed by atoms with Crippen LogP contribution in [0.2, 0.25) is 0 Å². The fraction of sp³-hybridized carbons (Fsp3) is 0.667. The maximum absolute atomic E-state index is 12.8. The number of hydrogen-bond donors (Lipinski definition) is 3. The average Bonchev–Trinajstić information content (AvgIpc) is 2.48. The minimum atomic E-state index is -1.57. The van der Waals surface area contributed by atoms with Crippen molar-refractivity contribution < 1.29 is 29.0 Å². The maximum Gasteiger partial charge on any atom is 0.513 e. The molecule has 24 heavy (non-hydrogen) atoms. The first-order chi connectivity index (χ1) is 11.3. The van der Waals surface area contributed by atoms with E-state index >= 15 is 0 Å². The van der Waals surface area contributed by atoms with Crippen molar-refractivity contribution in [2.24, 2.45) is 5.73 Å². The molecule has 1 heterocycles. The lowest BCUT2D eigenvalue weighted by Gasteiger charge is -2.36. The van der Waals surface area contributed by atoms with Gasteiger partial charge in [0.25, 0.3) is 11.9 Å². The van der Waals surface area contributed by atoms with Gasteiger partial charge in [0.1, 0.15) is 0 Å². The zero-order valence-corrected chi connectivity index (χ0v) is 14.2. The number of amides is 2. The van der Waals surface area contributed by atoms with Crippen LogP contribution in [0.15, 0.2) is 12.0 Å². The van der Waals surface area contributed by atoms with Crippen molar-refractivity contribution in [3.05, 3.63) is 12.0 Å². The van der Waals surface area contributed by atoms with E-state index in [1.807, 2.05) is 13.8 Å². The molecule has 1 rings (SSSR count). The molecule has 0 saturated carbocycles. The van der Waals surface area contributed by atoms with Crippen LogP contribution in [0.5, 0.6) is 0 Å². The molecule has 4 N–H and O–H groups in total. The van der Waals surface area contributed by atoms with Crippen LogP contribution in [0.4, 0.5) is 4.79 Å². The zero-order valence-electron chi connectivity index (χ0n) is 14.2. The third kappa shape index (κ3) is 5.41. The second-order valence-electron chi connectivity index (χ2n) is 5.52. The predicted molar refractivity (Wildman–Crippen MR) is 84.8 cm³/mol. The molecule has 2 amide bonds. The number of nitrogens with one attached hydrogen (secondary N) is 1. The molecule has 0 unspecified atom stereocenters. The fourth-order valence-corrected chi connectivity index (χ4v) is 2.51. The second-order valence-corrected chi connectivity index (χ2v) is 5.52. The summed E-state index contributed by atoms with van der Waals surface area (Å²) in [7, 11) is 0. The summed E-state index contributed by atoms with van der Waals surface area (Å²) in [4.78, 5) is 36.5. The van der Waals surface area contributed by atoms with Gasteiger partial charge in [-0.3, -0.25) is 9.59 Å². The number of carbonyl (C=O) groups excluding carboxylic acids is 2. The predicted octanol–water partition coefficient (Wildman–Crippen LogP) is 0.402. The van der Waals surface area contributed by atoms with Gasteiger partial charge >= 0.3 is 6.16 Å². The molecule has 0 spiro atoms. The molecule has 0 aromatic carbocycles. The van der Waals surface area contributed by atoms with Crippen LogP contribution in [0.1, 0.15) is 33.6 Å². The summed E-state index contributed by atoms with van der Waals surface area (Å²) in [6, 6.07) is -1.64. The van der Waals surface area contributed by atoms with E-state index in [1.165, 1.54) is 13.0 Å². The molecule has 0 bridgehead atoms. The fourth-order valence-electron chi connectivity index (χ4n) is 2.51. The Bertz CT molecular complexity index is 501. The van der Waals surface area contributed by atoms with Gasteiger partial charge in [-0.2, -0.15) is 0 Å². The van der Waals surface area contributed by atoms with E-state index in [0.717, 1.165) is 12.8 Å². The van der Waals surface area contributed by atoms with Gasteiger partial charge in [-0.1, -0.05) is 13.8 Å². The molecular weight excluding hydrogens is 318 g/mol. The van der Waals surface area contributed by atoms with Gasteiger partial charge in [-0.15, -0.1) is 0 Å². The lowest BCUT2D eigenvalue weighted by Crippen LogP contribution is -2.61. The van der Waals surface area contributed by atoms with Crippen molar-refractivity contribution in [1.82, 2.24) is 10.2 Å². The van der Waals surface area contributed by atoms with Crippen LogP contribution < -0.4 is 11.1 Å². The van der Waals surface area contributed by atoms with E-state index < -0.39 is 24.3 Å². The lowest BCUT2D eigenvalue weighted by atomic mass is 9.99. The van der Waals surface area contributed by atoms with E-state index in [4.69, 9.17) is 15.6 Å². The van der Waals surface area contributed by atoms with Gasteiger partial charge in [-0.25, -0.2) is 4.79 Å². The van der Waals surface area contributed by atoms with Gasteiger partial charge in [0, 0.05) is 26.1 Å². The first-order valence-corrected chi connectivity index (χ1v) is 7.90. The molecule has 0 aromatic heterocycles. The molecule has 3 atom stereocenters. The highest BCUT2D eigenvalue weighted by Crippen LogP contribution is 2.21. The Morgan fingerprint density at radius 1 is 1.33 bits per heavy atom. The van der Waals surface area contributed by atoms with Crippen LogP contribution in [0, 0.1) is 0 Å². The van der Waals surface area contributed by atoms with E-state index in [1.54, 1.807) is 4.90 Å². The average molecular weight is 343 g/mol. The Kier molecular flexibility index (Phi) is 7.50. The SMILES string of the molecule is CCCN(CCC)C(=O)[C@@H]1OC(OC(=O)O)=C[C@H](N)[C@H]1NC(C)=O. The van der Waals surface area contributed by atoms with Gasteiger partial charge in [0.2, 0.25) is 12.0 Å². The van der Waals surface area contributed by atoms with Crippen LogP contribution in [-0.4, -0.2) is 59.3 Å². The molecular formula is C15H25N3O6. The van der Waals surface area contributed by atoms with E-state index in [2.05, 4.69) is 10.1 Å². The molecule has 9 nitrogen and oxygen atoms in total. The van der Waals surface area contributed by atoms with Crippen LogP contribution in [0.25, 0.3) is 0 Å². The highest BCUT2D eigenvalue weighted by atomic mass is 16.7. The Hall–Kier alpha value is -2.29. The third-order valence-corrected chi connectivity index (χ3v) is 3.41. The number of hydrogen-bond acceptors (Lipinski definition) is 6. The first kappa shape index (κ1) is 19.8. The van der Waals surface area contributed by atoms with E-state index in [0.29, 0.717) is 13.1 Å². The Morgan fingerprint density at radius 3 is 2.38 bits per heavy atom. The van der Waals surface area contributed by atoms with Crippen molar-refractivity contribution in [3.63, 3.8) is 0 Å². The van der Waals surface area contributed by atoms with Crippen molar-refractivity contribution in [3.8, 4) is 0 Å². The van der Waals surface area contributed by atoms with E-state index in [9.17, 15) is 14.4 Å². The molecule has 1 aliphatic rings. The summed E-state index contributed by atoms with van der Waals surface area (Å²) in [5, 5.41) is 11.3. The van der Waals surface area contributed by atoms with Gasteiger partial charge in [0.15, 0.2) is 0 Å². The van der Waals surface area contributed by atoms with E-state index in [-0.39, 0.29) is 17.8 Å². The summed E-state index contributed by atoms with van der Waals surface area (Å²) < 4.78 is 9.88. The number of nitrogens with two attached hydrogens (primary N) is 1. The second kappa shape index (κ2) is 9.11. The first-order valence-electron chi connectivity index (χ1n) is 7.90. The van der Waals surface area contributed by atoms with Gasteiger partial charge < -0.3 is 30.5 Å². The van der Waals surface area contributed by atoms with Gasteiger partial charge in [-0.05, 0) is 12.8 Å². The van der Waals surface area contributed by atoms with Crippen LogP contribution >= 0.6 is 0 Å². The summed E-state index contributed by atoms with van der Waals surface area (Å²) in [6.45, 7) is 6.22. The number of nitrogens with zero attached hydrogens (tertiary/aromatic N) is 1. The molecule has 1 aliphatic heterocycles. The van der Waals surface area contributed by atoms with Gasteiger partial charge in [0.05, 0.1) is 12.1 Å². The monoisotopic (exact) mass is 343 g/mol. The number of ether oxygens (including phenoxy) is 2. The summed E-state index contributed by atoms with van der Waals surface area (Å²) in [5.74, 6) is -1.10. The van der Waals surface area contributed by atoms with Crippen molar-refractivity contribution >= 4 is 18.0 Å². The normalized spacial score (nSPS) is 22.8. The van der Waals surface area contributed by atoms with Crippen LogP contribution in [-0.2, 0) is 19.1 Å². The zero-order chi connectivity index (χ0) is 18.3. The summed E-state index contributed by atoms with van der Waals surface area (Å²) >= 11 is 0. The van der Waals surface area contributed by atoms with Crippen molar-refractivity contribution in [2.45, 2.75) is 51.8 Å². The highest BCUT2D eigenvalue weighted by Gasteiger charge is 2.41. The quantitative estimate of drug-likeness (QED) is 0.570. The summed E-state index contributed by atoms with van der Waals surface area (Å²) in [6.07, 6.45) is 0.00779. The molecule has 0 fully saturated rings. The highest BCUT2D eigenvalue weighted by molar-refractivity contribution is 5.84. The minimum absolute atomic E-state index is 0.358. The van der Waals surface area contributed by atoms with Crippen molar-refractivity contribution in [1.29, 1.82) is 0 Å². The lowest BCUT2D eigenvalue weighted by molar-refractivity contribution is -0.149. The maximum atomic E-state index is 12.8. The number of carboxylic acid groups (broad SMARTS) is 1. The standard InChI is InChI=1S/C15H25N3O6/c1-4-6-18(7-5-2)14(20)13-12(17-9(3)19)10(16)8-11(23-13)24-15(21)22/h8,10,12-13H,4-7,16H2,1-3H3,(H,17,19)(H,21,22)/t10-,12+,13+/m0/s1. The van der Waals surface area contributed by atoms with Crippen LogP contribution in [0.3, 0.4) is 0 Å². The molecule has 0 radical (unpaired) electrons. The number of carbonyl (C=O) groups is 3. The Balaban J connectivity index is 3.06. The molecule has 0 aromatic rings. The largest absolute Gasteiger partial charge is 0.513 e. The Morgan fingerprint density at radius 2 is 1.92 bits per heavy atom. The topological polar surface area (TPSA) is 131 Å². The Labute approximate surface area is 140 Å². The molecule has 0 aliphatic carbocycles.